The summed E-state index contributed by atoms with van der Waals surface area (Å²) in [4.78, 5) is 12.4. The molecule has 0 spiro atoms. The van der Waals surface area contributed by atoms with E-state index in [0.29, 0.717) is 17.7 Å². The Labute approximate surface area is 167 Å². The molecule has 0 heterocycles. The number of ketones is 1. The number of anilines is 1. The van der Waals surface area contributed by atoms with Crippen LogP contribution in [0.1, 0.15) is 35.2 Å². The van der Waals surface area contributed by atoms with Gasteiger partial charge < -0.3 is 10.1 Å². The van der Waals surface area contributed by atoms with Gasteiger partial charge in [-0.1, -0.05) is 30.3 Å². The van der Waals surface area contributed by atoms with E-state index in [4.69, 9.17) is 4.74 Å². The summed E-state index contributed by atoms with van der Waals surface area (Å²) in [6.45, 7) is 1.78. The average Bonchev–Trinajstić information content (AvgIpc) is 2.66. The Morgan fingerprint density at radius 3 is 2.46 bits per heavy atom. The van der Waals surface area contributed by atoms with Gasteiger partial charge in [0.1, 0.15) is 5.75 Å². The van der Waals surface area contributed by atoms with Crippen molar-refractivity contribution in [2.45, 2.75) is 25.7 Å². The Morgan fingerprint density at radius 1 is 1.04 bits per heavy atom. The van der Waals surface area contributed by atoms with Gasteiger partial charge in [-0.25, -0.2) is 8.42 Å². The molecule has 0 aromatic heterocycles. The van der Waals surface area contributed by atoms with E-state index in [0.717, 1.165) is 38.6 Å². The van der Waals surface area contributed by atoms with Crippen molar-refractivity contribution >= 4 is 21.5 Å². The molecule has 2 aromatic carbocycles. The van der Waals surface area contributed by atoms with E-state index in [1.54, 1.807) is 12.1 Å². The lowest BCUT2D eigenvalue weighted by atomic mass is 10.0. The third-order valence-corrected chi connectivity index (χ3v) is 4.85. The topological polar surface area (TPSA) is 84.5 Å². The number of benzene rings is 2. The highest BCUT2D eigenvalue weighted by atomic mass is 32.2. The zero-order valence-corrected chi connectivity index (χ0v) is 17.2. The number of rotatable bonds is 12. The van der Waals surface area contributed by atoms with Crippen LogP contribution in [0.3, 0.4) is 0 Å². The van der Waals surface area contributed by atoms with Crippen molar-refractivity contribution in [1.29, 1.82) is 0 Å². The molecule has 0 bridgehead atoms. The molecule has 2 N–H and O–H groups in total. The lowest BCUT2D eigenvalue weighted by Gasteiger charge is -2.11. The van der Waals surface area contributed by atoms with Crippen LogP contribution in [0.4, 0.5) is 5.69 Å². The fourth-order valence-corrected chi connectivity index (χ4v) is 3.40. The lowest BCUT2D eigenvalue weighted by Crippen LogP contribution is -2.18. The van der Waals surface area contributed by atoms with Gasteiger partial charge >= 0.3 is 0 Å². The summed E-state index contributed by atoms with van der Waals surface area (Å²) in [6.07, 6.45) is 4.15. The van der Waals surface area contributed by atoms with Crippen molar-refractivity contribution in [2.24, 2.45) is 0 Å². The molecule has 2 rings (SSSR count). The predicted octanol–water partition coefficient (Wildman–Crippen LogP) is 3.25. The van der Waals surface area contributed by atoms with Gasteiger partial charge in [0.2, 0.25) is 10.0 Å². The SMILES string of the molecule is COc1ccc(C(=O)CCCCNCCc2ccccc2)cc1NS(C)(=O)=O. The second-order valence-corrected chi connectivity index (χ2v) is 8.40. The zero-order chi connectivity index (χ0) is 20.4. The number of unbranched alkanes of at least 4 members (excludes halogenated alkanes) is 1. The molecule has 0 amide bonds. The third-order valence-electron chi connectivity index (χ3n) is 4.26. The molecule has 0 atom stereocenters. The van der Waals surface area contributed by atoms with Gasteiger partial charge in [-0.15, -0.1) is 0 Å². The van der Waals surface area contributed by atoms with Crippen LogP contribution in [-0.2, 0) is 16.4 Å². The normalized spacial score (nSPS) is 11.2. The number of hydrogen-bond acceptors (Lipinski definition) is 5. The second kappa shape index (κ2) is 10.8. The van der Waals surface area contributed by atoms with Crippen molar-refractivity contribution in [1.82, 2.24) is 5.32 Å². The van der Waals surface area contributed by atoms with Crippen LogP contribution in [0.25, 0.3) is 0 Å². The molecule has 0 saturated heterocycles. The van der Waals surface area contributed by atoms with Crippen LogP contribution < -0.4 is 14.8 Å². The van der Waals surface area contributed by atoms with Crippen LogP contribution >= 0.6 is 0 Å². The summed E-state index contributed by atoms with van der Waals surface area (Å²) in [7, 11) is -2.00. The maximum atomic E-state index is 12.4. The molecule has 0 saturated carbocycles. The van der Waals surface area contributed by atoms with Crippen molar-refractivity contribution < 1.29 is 17.9 Å². The summed E-state index contributed by atoms with van der Waals surface area (Å²) < 4.78 is 30.5. The minimum atomic E-state index is -3.45. The Kier molecular flexibility index (Phi) is 8.47. The van der Waals surface area contributed by atoms with Crippen LogP contribution in [0.2, 0.25) is 0 Å². The first-order valence-corrected chi connectivity index (χ1v) is 11.2. The maximum absolute atomic E-state index is 12.4. The second-order valence-electron chi connectivity index (χ2n) is 6.66. The van der Waals surface area contributed by atoms with E-state index >= 15 is 0 Å². The smallest absolute Gasteiger partial charge is 0.229 e. The van der Waals surface area contributed by atoms with Gasteiger partial charge in [0.15, 0.2) is 5.78 Å². The van der Waals surface area contributed by atoms with Crippen LogP contribution in [0.5, 0.6) is 5.75 Å². The molecular formula is C21H28N2O4S. The number of carbonyl (C=O) groups is 1. The molecule has 0 unspecified atom stereocenters. The maximum Gasteiger partial charge on any atom is 0.229 e. The summed E-state index contributed by atoms with van der Waals surface area (Å²) in [5.74, 6) is 0.369. The van der Waals surface area contributed by atoms with Crippen molar-refractivity contribution in [3.05, 3.63) is 59.7 Å². The molecule has 7 heteroatoms. The number of methoxy groups -OCH3 is 1. The molecule has 152 valence electrons. The largest absolute Gasteiger partial charge is 0.495 e. The van der Waals surface area contributed by atoms with E-state index in [1.807, 2.05) is 18.2 Å². The van der Waals surface area contributed by atoms with Gasteiger partial charge in [0.05, 0.1) is 19.1 Å². The molecule has 2 aromatic rings. The molecule has 0 aliphatic rings. The average molecular weight is 405 g/mol. The Morgan fingerprint density at radius 2 is 1.79 bits per heavy atom. The molecule has 0 radical (unpaired) electrons. The van der Waals surface area contributed by atoms with Gasteiger partial charge in [-0.2, -0.15) is 0 Å². The first-order valence-electron chi connectivity index (χ1n) is 9.33. The standard InChI is InChI=1S/C21H28N2O4S/c1-27-21-12-11-18(16-19(21)23-28(2,25)26)20(24)10-6-7-14-22-15-13-17-8-4-3-5-9-17/h3-5,8-9,11-12,16,22-23H,6-7,10,13-15H2,1-2H3. The number of carbonyl (C=O) groups excluding carboxylic acids is 1. The first-order chi connectivity index (χ1) is 13.4. The quantitative estimate of drug-likeness (QED) is 0.419. The monoisotopic (exact) mass is 404 g/mol. The number of nitrogens with one attached hydrogen (secondary N) is 2. The summed E-state index contributed by atoms with van der Waals surface area (Å²) in [5.41, 5.74) is 2.06. The van der Waals surface area contributed by atoms with Crippen LogP contribution in [-0.4, -0.2) is 40.7 Å². The Bertz CT molecular complexity index is 867. The zero-order valence-electron chi connectivity index (χ0n) is 16.4. The molecule has 6 nitrogen and oxygen atoms in total. The summed E-state index contributed by atoms with van der Waals surface area (Å²) in [5, 5.41) is 3.39. The number of ether oxygens (including phenoxy) is 1. The highest BCUT2D eigenvalue weighted by Crippen LogP contribution is 2.27. The fraction of sp³-hybridized carbons (Fsp3) is 0.381. The highest BCUT2D eigenvalue weighted by molar-refractivity contribution is 7.92. The van der Waals surface area contributed by atoms with E-state index in [-0.39, 0.29) is 11.5 Å². The molecular weight excluding hydrogens is 376 g/mol. The molecule has 0 aliphatic heterocycles. The van der Waals surface area contributed by atoms with Crippen LogP contribution in [0, 0.1) is 0 Å². The van der Waals surface area contributed by atoms with Gasteiger partial charge in [-0.05, 0) is 56.1 Å². The highest BCUT2D eigenvalue weighted by Gasteiger charge is 2.13. The predicted molar refractivity (Wildman–Crippen MR) is 113 cm³/mol. The Balaban J connectivity index is 1.74. The van der Waals surface area contributed by atoms with E-state index in [9.17, 15) is 13.2 Å². The van der Waals surface area contributed by atoms with Crippen LogP contribution in [0.15, 0.2) is 48.5 Å². The number of Topliss-reactive ketones (excluding diaryl/α,β-unsaturated/α-hetero) is 1. The number of hydrogen-bond donors (Lipinski definition) is 2. The minimum Gasteiger partial charge on any atom is -0.495 e. The number of sulfonamides is 1. The van der Waals surface area contributed by atoms with E-state index in [2.05, 4.69) is 22.2 Å². The Hall–Kier alpha value is -2.38. The van der Waals surface area contributed by atoms with Crippen molar-refractivity contribution in [3.63, 3.8) is 0 Å². The van der Waals surface area contributed by atoms with Crippen molar-refractivity contribution in [2.75, 3.05) is 31.2 Å². The molecule has 0 aliphatic carbocycles. The van der Waals surface area contributed by atoms with Gasteiger partial charge in [0.25, 0.3) is 0 Å². The molecule has 0 fully saturated rings. The van der Waals surface area contributed by atoms with E-state index in [1.165, 1.54) is 18.7 Å². The summed E-state index contributed by atoms with van der Waals surface area (Å²) >= 11 is 0. The summed E-state index contributed by atoms with van der Waals surface area (Å²) in [6, 6.07) is 15.1. The van der Waals surface area contributed by atoms with Gasteiger partial charge in [-0.3, -0.25) is 9.52 Å². The molecule has 28 heavy (non-hydrogen) atoms. The van der Waals surface area contributed by atoms with Crippen molar-refractivity contribution in [3.8, 4) is 5.75 Å². The fourth-order valence-electron chi connectivity index (χ4n) is 2.84. The third kappa shape index (κ3) is 7.70. The first kappa shape index (κ1) is 21.9. The van der Waals surface area contributed by atoms with E-state index < -0.39 is 10.0 Å². The lowest BCUT2D eigenvalue weighted by molar-refractivity contribution is 0.0979. The minimum absolute atomic E-state index is 0.0107. The van der Waals surface area contributed by atoms with Gasteiger partial charge in [0, 0.05) is 12.0 Å².